The van der Waals surface area contributed by atoms with Crippen molar-refractivity contribution in [1.82, 2.24) is 24.4 Å². The molecule has 0 aliphatic carbocycles. The van der Waals surface area contributed by atoms with Crippen LogP contribution < -0.4 is 17.1 Å². The predicted molar refractivity (Wildman–Crippen MR) is 115 cm³/mol. The maximum absolute atomic E-state index is 12.8. The van der Waals surface area contributed by atoms with E-state index in [9.17, 15) is 9.59 Å². The second-order valence-corrected chi connectivity index (χ2v) is 7.70. The number of para-hydroxylation sites is 1. The number of nitrogens with two attached hydrogens (primary N) is 2. The lowest BCUT2D eigenvalue weighted by molar-refractivity contribution is -0.118. The molecule has 11 heteroatoms. The number of hydrogen-bond acceptors (Lipinski definition) is 7. The van der Waals surface area contributed by atoms with Crippen LogP contribution in [0.5, 0.6) is 0 Å². The number of carbonyl (C=O) groups excluding carboxylic acids is 1. The van der Waals surface area contributed by atoms with E-state index in [-0.39, 0.29) is 17.9 Å². The number of nitrogen functional groups attached to an aromatic ring is 1. The maximum atomic E-state index is 12.8. The van der Waals surface area contributed by atoms with Gasteiger partial charge in [-0.25, -0.2) is 9.66 Å². The highest BCUT2D eigenvalue weighted by molar-refractivity contribution is 7.98. The van der Waals surface area contributed by atoms with Crippen molar-refractivity contribution < 1.29 is 4.79 Å². The summed E-state index contributed by atoms with van der Waals surface area (Å²) in [5, 5.41) is 9.54. The van der Waals surface area contributed by atoms with Crippen LogP contribution in [0.4, 0.5) is 0 Å². The van der Waals surface area contributed by atoms with Gasteiger partial charge in [-0.2, -0.15) is 0 Å². The quantitative estimate of drug-likeness (QED) is 0.344. The third-order valence-corrected chi connectivity index (χ3v) is 5.63. The van der Waals surface area contributed by atoms with Crippen LogP contribution in [-0.4, -0.2) is 30.3 Å². The van der Waals surface area contributed by atoms with E-state index < -0.39 is 5.91 Å². The SMILES string of the molecule is NC(=O)Cn1c(CSc2nnc(-c3ccccc3Cl)n2N)nc2ccccc2c1=O. The molecule has 30 heavy (non-hydrogen) atoms. The number of halogens is 1. The summed E-state index contributed by atoms with van der Waals surface area (Å²) in [7, 11) is 0. The van der Waals surface area contributed by atoms with Gasteiger partial charge in [0.25, 0.3) is 5.56 Å². The van der Waals surface area contributed by atoms with E-state index in [4.69, 9.17) is 23.2 Å². The van der Waals surface area contributed by atoms with Gasteiger partial charge in [0, 0.05) is 5.56 Å². The Kier molecular flexibility index (Phi) is 5.42. The highest BCUT2D eigenvalue weighted by Crippen LogP contribution is 2.28. The molecule has 2 aromatic carbocycles. The number of rotatable bonds is 6. The number of fused-ring (bicyclic) bond motifs is 1. The highest BCUT2D eigenvalue weighted by Gasteiger charge is 2.17. The molecular formula is C19H16ClN7O2S. The number of carbonyl (C=O) groups is 1. The molecule has 2 heterocycles. The van der Waals surface area contributed by atoms with Gasteiger partial charge >= 0.3 is 0 Å². The first kappa shape index (κ1) is 19.9. The Morgan fingerprint density at radius 1 is 1.10 bits per heavy atom. The van der Waals surface area contributed by atoms with Crippen LogP contribution in [0.2, 0.25) is 5.02 Å². The van der Waals surface area contributed by atoms with Crippen molar-refractivity contribution in [3.05, 3.63) is 69.7 Å². The van der Waals surface area contributed by atoms with Crippen molar-refractivity contribution in [2.24, 2.45) is 5.73 Å². The Balaban J connectivity index is 1.68. The number of nitrogens with zero attached hydrogens (tertiary/aromatic N) is 5. The van der Waals surface area contributed by atoms with Crippen LogP contribution in [0.1, 0.15) is 5.82 Å². The molecule has 0 saturated heterocycles. The average Bonchev–Trinajstić information content (AvgIpc) is 3.09. The molecule has 0 aliphatic rings. The molecule has 1 amide bonds. The highest BCUT2D eigenvalue weighted by atomic mass is 35.5. The Morgan fingerprint density at radius 3 is 2.60 bits per heavy atom. The zero-order valence-corrected chi connectivity index (χ0v) is 17.1. The lowest BCUT2D eigenvalue weighted by atomic mass is 10.2. The number of benzene rings is 2. The lowest BCUT2D eigenvalue weighted by Gasteiger charge is -2.12. The Bertz CT molecular complexity index is 1320. The minimum atomic E-state index is -0.636. The van der Waals surface area contributed by atoms with E-state index in [0.29, 0.717) is 38.3 Å². The van der Waals surface area contributed by atoms with Crippen molar-refractivity contribution >= 4 is 40.2 Å². The first-order valence-electron chi connectivity index (χ1n) is 8.80. The molecule has 0 fully saturated rings. The summed E-state index contributed by atoms with van der Waals surface area (Å²) in [6.45, 7) is -0.271. The zero-order chi connectivity index (χ0) is 21.3. The minimum absolute atomic E-state index is 0.227. The van der Waals surface area contributed by atoms with E-state index in [1.807, 2.05) is 12.1 Å². The fourth-order valence-electron chi connectivity index (χ4n) is 2.97. The lowest BCUT2D eigenvalue weighted by Crippen LogP contribution is -2.31. The van der Waals surface area contributed by atoms with E-state index in [1.54, 1.807) is 36.4 Å². The zero-order valence-electron chi connectivity index (χ0n) is 15.5. The fraction of sp³-hybridized carbons (Fsp3) is 0.105. The number of amides is 1. The molecule has 0 saturated carbocycles. The minimum Gasteiger partial charge on any atom is -0.368 e. The van der Waals surface area contributed by atoms with Gasteiger partial charge in [-0.3, -0.25) is 14.2 Å². The second kappa shape index (κ2) is 8.17. The Hall–Kier alpha value is -3.37. The van der Waals surface area contributed by atoms with Gasteiger partial charge in [0.2, 0.25) is 11.1 Å². The van der Waals surface area contributed by atoms with Gasteiger partial charge in [0.15, 0.2) is 5.82 Å². The molecular weight excluding hydrogens is 426 g/mol. The van der Waals surface area contributed by atoms with Crippen molar-refractivity contribution in [2.45, 2.75) is 17.5 Å². The molecule has 2 aromatic heterocycles. The fourth-order valence-corrected chi connectivity index (χ4v) is 4.00. The van der Waals surface area contributed by atoms with Crippen LogP contribution in [-0.2, 0) is 17.1 Å². The number of primary amides is 1. The standard InChI is InChI=1S/C19H16ClN7O2S/c20-13-7-3-1-5-11(13)17-24-25-19(27(17)22)30-10-16-23-14-8-4-2-6-12(14)18(29)26(16)9-15(21)28/h1-8H,9-10,22H2,(H2,21,28). The summed E-state index contributed by atoms with van der Waals surface area (Å²) in [5.74, 6) is 6.53. The normalized spacial score (nSPS) is 11.1. The summed E-state index contributed by atoms with van der Waals surface area (Å²) in [6.07, 6.45) is 0. The summed E-state index contributed by atoms with van der Waals surface area (Å²) in [4.78, 5) is 28.8. The number of hydrogen-bond donors (Lipinski definition) is 2. The van der Waals surface area contributed by atoms with Gasteiger partial charge in [0.05, 0.1) is 21.7 Å². The third-order valence-electron chi connectivity index (χ3n) is 4.36. The summed E-state index contributed by atoms with van der Waals surface area (Å²) in [6, 6.07) is 14.1. The molecule has 4 N–H and O–H groups in total. The predicted octanol–water partition coefficient (Wildman–Crippen LogP) is 1.80. The van der Waals surface area contributed by atoms with Crippen molar-refractivity contribution in [3.63, 3.8) is 0 Å². The molecule has 0 radical (unpaired) electrons. The molecule has 0 spiro atoms. The first-order valence-corrected chi connectivity index (χ1v) is 10.2. The van der Waals surface area contributed by atoms with Gasteiger partial charge in [0.1, 0.15) is 12.4 Å². The second-order valence-electron chi connectivity index (χ2n) is 6.35. The van der Waals surface area contributed by atoms with Gasteiger partial charge in [-0.1, -0.05) is 47.6 Å². The molecule has 0 bridgehead atoms. The molecule has 4 aromatic rings. The van der Waals surface area contributed by atoms with Crippen LogP contribution in [0.3, 0.4) is 0 Å². The third kappa shape index (κ3) is 3.74. The van der Waals surface area contributed by atoms with Crippen LogP contribution >= 0.6 is 23.4 Å². The molecule has 0 aliphatic heterocycles. The van der Waals surface area contributed by atoms with Gasteiger partial charge in [-0.15, -0.1) is 10.2 Å². The summed E-state index contributed by atoms with van der Waals surface area (Å²) >= 11 is 7.45. The Labute approximate surface area is 179 Å². The average molecular weight is 442 g/mol. The van der Waals surface area contributed by atoms with Crippen molar-refractivity contribution in [2.75, 3.05) is 5.84 Å². The van der Waals surface area contributed by atoms with E-state index in [1.165, 1.54) is 21.0 Å². The molecule has 9 nitrogen and oxygen atoms in total. The molecule has 4 rings (SSSR count). The number of aromatic nitrogens is 5. The van der Waals surface area contributed by atoms with E-state index in [0.717, 1.165) is 0 Å². The van der Waals surface area contributed by atoms with E-state index >= 15 is 0 Å². The molecule has 0 atom stereocenters. The Morgan fingerprint density at radius 2 is 1.83 bits per heavy atom. The number of thioether (sulfide) groups is 1. The molecule has 0 unspecified atom stereocenters. The van der Waals surface area contributed by atoms with Gasteiger partial charge in [-0.05, 0) is 24.3 Å². The summed E-state index contributed by atoms with van der Waals surface area (Å²) in [5.41, 5.74) is 6.18. The largest absolute Gasteiger partial charge is 0.368 e. The topological polar surface area (TPSA) is 135 Å². The van der Waals surface area contributed by atoms with Crippen LogP contribution in [0.15, 0.2) is 58.5 Å². The summed E-state index contributed by atoms with van der Waals surface area (Å²) < 4.78 is 2.59. The monoisotopic (exact) mass is 441 g/mol. The maximum Gasteiger partial charge on any atom is 0.261 e. The molecule has 152 valence electrons. The smallest absolute Gasteiger partial charge is 0.261 e. The van der Waals surface area contributed by atoms with E-state index in [2.05, 4.69) is 15.2 Å². The van der Waals surface area contributed by atoms with Crippen molar-refractivity contribution in [1.29, 1.82) is 0 Å². The first-order chi connectivity index (χ1) is 14.5. The van der Waals surface area contributed by atoms with Gasteiger partial charge < -0.3 is 11.6 Å². The van der Waals surface area contributed by atoms with Crippen LogP contribution in [0.25, 0.3) is 22.3 Å². The van der Waals surface area contributed by atoms with Crippen molar-refractivity contribution in [3.8, 4) is 11.4 Å². The van der Waals surface area contributed by atoms with Crippen LogP contribution in [0, 0.1) is 0 Å².